The average Bonchev–Trinajstić information content (AvgIpc) is 3.06. The van der Waals surface area contributed by atoms with Crippen molar-refractivity contribution >= 4 is 27.8 Å². The number of nitrogens with one attached hydrogen (secondary N) is 1. The van der Waals surface area contributed by atoms with Gasteiger partial charge in [0.2, 0.25) is 0 Å². The highest BCUT2D eigenvalue weighted by Crippen LogP contribution is 2.39. The lowest BCUT2D eigenvalue weighted by atomic mass is 9.90. The Morgan fingerprint density at radius 3 is 2.94 bits per heavy atom. The quantitative estimate of drug-likeness (QED) is 0.300. The topological polar surface area (TPSA) is 64.2 Å². The van der Waals surface area contributed by atoms with Gasteiger partial charge in [-0.1, -0.05) is 30.7 Å². The molecule has 0 aliphatic heterocycles. The second-order valence-electron chi connectivity index (χ2n) is 8.46. The number of fused-ring (bicyclic) bond motifs is 4. The van der Waals surface area contributed by atoms with Gasteiger partial charge in [0.15, 0.2) is 0 Å². The molecule has 2 aromatic carbocycles. The van der Waals surface area contributed by atoms with Gasteiger partial charge >= 0.3 is 5.97 Å². The third kappa shape index (κ3) is 4.20. The summed E-state index contributed by atoms with van der Waals surface area (Å²) in [6.45, 7) is 2.71. The molecular formula is C27H28N2O3. The number of aromatic amines is 1. The molecule has 5 rings (SSSR count). The van der Waals surface area contributed by atoms with Crippen molar-refractivity contribution in [1.82, 2.24) is 9.97 Å². The van der Waals surface area contributed by atoms with Crippen LogP contribution in [-0.4, -0.2) is 22.5 Å². The average molecular weight is 429 g/mol. The molecule has 32 heavy (non-hydrogen) atoms. The van der Waals surface area contributed by atoms with E-state index in [2.05, 4.69) is 29.2 Å². The number of aromatic nitrogens is 2. The highest BCUT2D eigenvalue weighted by Gasteiger charge is 2.26. The van der Waals surface area contributed by atoms with Gasteiger partial charge in [-0.05, 0) is 61.9 Å². The lowest BCUT2D eigenvalue weighted by Gasteiger charge is -2.15. The van der Waals surface area contributed by atoms with Crippen molar-refractivity contribution in [1.29, 1.82) is 0 Å². The van der Waals surface area contributed by atoms with Crippen molar-refractivity contribution in [2.75, 3.05) is 6.61 Å². The number of hydrogen-bond acceptors (Lipinski definition) is 4. The molecule has 1 unspecified atom stereocenters. The number of ether oxygens (including phenoxy) is 2. The van der Waals surface area contributed by atoms with Crippen LogP contribution in [0, 0.1) is 0 Å². The van der Waals surface area contributed by atoms with Gasteiger partial charge in [-0.3, -0.25) is 4.79 Å². The van der Waals surface area contributed by atoms with Crippen LogP contribution in [0.4, 0.5) is 0 Å². The molecule has 0 radical (unpaired) electrons. The molecule has 0 fully saturated rings. The minimum atomic E-state index is -0.109. The number of nitrogens with zero attached hydrogens (tertiary/aromatic N) is 1. The minimum Gasteiger partial charge on any atom is -0.487 e. The Balaban J connectivity index is 1.37. The van der Waals surface area contributed by atoms with Crippen LogP contribution >= 0.6 is 0 Å². The van der Waals surface area contributed by atoms with E-state index < -0.39 is 0 Å². The molecule has 164 valence electrons. The van der Waals surface area contributed by atoms with Crippen LogP contribution in [0.25, 0.3) is 21.8 Å². The maximum atomic E-state index is 12.2. The number of carbonyl (C=O) groups excluding carboxylic acids is 1. The zero-order valence-corrected chi connectivity index (χ0v) is 18.4. The fraction of sp³-hybridized carbons (Fsp3) is 0.333. The van der Waals surface area contributed by atoms with E-state index >= 15 is 0 Å². The summed E-state index contributed by atoms with van der Waals surface area (Å²) in [5, 5.41) is 2.32. The number of hydrogen-bond donors (Lipinski definition) is 1. The first-order valence-electron chi connectivity index (χ1n) is 11.5. The molecule has 0 bridgehead atoms. The summed E-state index contributed by atoms with van der Waals surface area (Å²) in [5.41, 5.74) is 5.48. The number of benzene rings is 2. The van der Waals surface area contributed by atoms with Gasteiger partial charge in [0.05, 0.1) is 24.2 Å². The first kappa shape index (κ1) is 20.6. The number of para-hydroxylation sites is 1. The summed E-state index contributed by atoms with van der Waals surface area (Å²) in [5.74, 6) is 0.905. The first-order valence-corrected chi connectivity index (χ1v) is 11.5. The summed E-state index contributed by atoms with van der Waals surface area (Å²) in [6.07, 6.45) is 4.75. The van der Waals surface area contributed by atoms with Crippen molar-refractivity contribution in [3.05, 3.63) is 71.5 Å². The van der Waals surface area contributed by atoms with Crippen molar-refractivity contribution in [3.63, 3.8) is 0 Å². The maximum absolute atomic E-state index is 12.2. The van der Waals surface area contributed by atoms with Gasteiger partial charge < -0.3 is 14.5 Å². The Hall–Kier alpha value is -3.34. The number of carbonyl (C=O) groups is 1. The van der Waals surface area contributed by atoms with Crippen LogP contribution < -0.4 is 4.74 Å². The Kier molecular flexibility index (Phi) is 5.80. The molecule has 0 spiro atoms. The van der Waals surface area contributed by atoms with Crippen LogP contribution in [0.2, 0.25) is 0 Å². The highest BCUT2D eigenvalue weighted by molar-refractivity contribution is 5.87. The third-order valence-corrected chi connectivity index (χ3v) is 6.29. The normalized spacial score (nSPS) is 16.0. The lowest BCUT2D eigenvalue weighted by Crippen LogP contribution is -2.10. The van der Waals surface area contributed by atoms with Crippen LogP contribution in [-0.2, 0) is 22.6 Å². The zero-order valence-electron chi connectivity index (χ0n) is 18.4. The van der Waals surface area contributed by atoms with E-state index in [-0.39, 0.29) is 11.9 Å². The maximum Gasteiger partial charge on any atom is 0.306 e. The summed E-state index contributed by atoms with van der Waals surface area (Å²) in [7, 11) is 0. The third-order valence-electron chi connectivity index (χ3n) is 6.29. The molecule has 0 saturated carbocycles. The number of rotatable bonds is 6. The van der Waals surface area contributed by atoms with Crippen molar-refractivity contribution in [3.8, 4) is 5.75 Å². The predicted octanol–water partition coefficient (Wildman–Crippen LogP) is 6.06. The molecule has 5 heteroatoms. The van der Waals surface area contributed by atoms with E-state index in [4.69, 9.17) is 14.5 Å². The van der Waals surface area contributed by atoms with Crippen molar-refractivity contribution in [2.24, 2.45) is 0 Å². The van der Waals surface area contributed by atoms with Crippen molar-refractivity contribution < 1.29 is 14.3 Å². The van der Waals surface area contributed by atoms with Crippen LogP contribution in [0.1, 0.15) is 55.5 Å². The number of esters is 1. The fourth-order valence-corrected chi connectivity index (χ4v) is 4.82. The second kappa shape index (κ2) is 9.03. The lowest BCUT2D eigenvalue weighted by molar-refractivity contribution is -0.143. The van der Waals surface area contributed by atoms with Crippen LogP contribution in [0.3, 0.4) is 0 Å². The molecular weight excluding hydrogens is 400 g/mol. The second-order valence-corrected chi connectivity index (χ2v) is 8.46. The highest BCUT2D eigenvalue weighted by atomic mass is 16.5. The van der Waals surface area contributed by atoms with E-state index in [0.29, 0.717) is 19.6 Å². The molecule has 0 saturated heterocycles. The molecule has 1 aliphatic carbocycles. The minimum absolute atomic E-state index is 0.109. The fourth-order valence-electron chi connectivity index (χ4n) is 4.82. The molecule has 2 heterocycles. The standard InChI is InChI=1S/C27H28N2O3/c1-2-31-26(30)15-19-8-4-6-10-24-27(19)22-14-13-21(16-25(22)29-24)32-17-20-12-11-18-7-3-5-9-23(18)28-20/h3,5,7,9,11-14,16,19,29H,2,4,6,8,10,15,17H2,1H3. The first-order chi connectivity index (χ1) is 15.7. The molecule has 5 nitrogen and oxygen atoms in total. The van der Waals surface area contributed by atoms with Crippen LogP contribution in [0.5, 0.6) is 5.75 Å². The Labute approximate surface area is 187 Å². The molecule has 1 atom stereocenters. The molecule has 2 aromatic heterocycles. The number of pyridine rings is 1. The summed E-state index contributed by atoms with van der Waals surface area (Å²) in [4.78, 5) is 20.5. The Bertz CT molecular complexity index is 1260. The van der Waals surface area contributed by atoms with Gasteiger partial charge in [0.1, 0.15) is 12.4 Å². The van der Waals surface area contributed by atoms with Crippen molar-refractivity contribution in [2.45, 2.75) is 51.6 Å². The smallest absolute Gasteiger partial charge is 0.306 e. The largest absolute Gasteiger partial charge is 0.487 e. The molecule has 4 aromatic rings. The van der Waals surface area contributed by atoms with E-state index in [1.54, 1.807) is 0 Å². The van der Waals surface area contributed by atoms with E-state index in [9.17, 15) is 4.79 Å². The van der Waals surface area contributed by atoms with Gasteiger partial charge in [-0.2, -0.15) is 0 Å². The Morgan fingerprint density at radius 1 is 1.12 bits per heavy atom. The predicted molar refractivity (Wildman–Crippen MR) is 126 cm³/mol. The van der Waals surface area contributed by atoms with Crippen LogP contribution in [0.15, 0.2) is 54.6 Å². The monoisotopic (exact) mass is 428 g/mol. The SMILES string of the molecule is CCOC(=O)CC1CCCCc2[nH]c3cc(OCc4ccc5ccccc5n4)ccc3c21. The zero-order chi connectivity index (χ0) is 21.9. The van der Waals surface area contributed by atoms with Gasteiger partial charge in [-0.15, -0.1) is 0 Å². The van der Waals surface area contributed by atoms with Gasteiger partial charge in [-0.25, -0.2) is 4.98 Å². The summed E-state index contributed by atoms with van der Waals surface area (Å²) < 4.78 is 11.3. The van der Waals surface area contributed by atoms with E-state index in [0.717, 1.165) is 53.5 Å². The molecule has 1 aliphatic rings. The summed E-state index contributed by atoms with van der Waals surface area (Å²) in [6, 6.07) is 18.4. The van der Waals surface area contributed by atoms with E-state index in [1.807, 2.05) is 37.3 Å². The van der Waals surface area contributed by atoms with Gasteiger partial charge in [0, 0.05) is 28.0 Å². The van der Waals surface area contributed by atoms with Gasteiger partial charge in [0.25, 0.3) is 0 Å². The molecule has 0 amide bonds. The Morgan fingerprint density at radius 2 is 2.03 bits per heavy atom. The van der Waals surface area contributed by atoms with E-state index in [1.165, 1.54) is 16.6 Å². The summed E-state index contributed by atoms with van der Waals surface area (Å²) >= 11 is 0. The molecule has 1 N–H and O–H groups in total. The number of aryl methyl sites for hydroxylation is 1. The number of H-pyrrole nitrogens is 1.